The van der Waals surface area contributed by atoms with E-state index in [1.165, 1.54) is 42.0 Å². The number of aromatic nitrogens is 4. The van der Waals surface area contributed by atoms with Gasteiger partial charge in [-0.25, -0.2) is 0 Å². The second-order valence-electron chi connectivity index (χ2n) is 7.31. The Balaban J connectivity index is 1.41. The standard InChI is InChI=1S/C21H23N5S/c1-2-6-13-25(12-5-1)15-19-22-23-21-26(19)24-20(27-21)14-17-10-7-9-16-8-3-4-11-18(16)17/h3-4,7-11H,1-2,5-6,12-15H2. The van der Waals surface area contributed by atoms with Crippen LogP contribution in [0, 0.1) is 0 Å². The van der Waals surface area contributed by atoms with Gasteiger partial charge in [0.05, 0.1) is 6.54 Å². The van der Waals surface area contributed by atoms with Gasteiger partial charge in [0.2, 0.25) is 4.96 Å². The molecule has 0 N–H and O–H groups in total. The van der Waals surface area contributed by atoms with E-state index in [0.29, 0.717) is 0 Å². The summed E-state index contributed by atoms with van der Waals surface area (Å²) in [6.45, 7) is 3.16. The van der Waals surface area contributed by atoms with Crippen LogP contribution in [0.15, 0.2) is 42.5 Å². The molecule has 0 bridgehead atoms. The summed E-state index contributed by atoms with van der Waals surface area (Å²) in [5.74, 6) is 0.965. The van der Waals surface area contributed by atoms with Crippen LogP contribution in [0.25, 0.3) is 15.7 Å². The van der Waals surface area contributed by atoms with Gasteiger partial charge in [-0.15, -0.1) is 10.2 Å². The number of rotatable bonds is 4. The van der Waals surface area contributed by atoms with Crippen molar-refractivity contribution < 1.29 is 0 Å². The van der Waals surface area contributed by atoms with E-state index in [9.17, 15) is 0 Å². The van der Waals surface area contributed by atoms with E-state index in [4.69, 9.17) is 5.10 Å². The lowest BCUT2D eigenvalue weighted by Crippen LogP contribution is -2.25. The van der Waals surface area contributed by atoms with Crippen molar-refractivity contribution in [1.82, 2.24) is 24.7 Å². The molecule has 6 heteroatoms. The zero-order valence-electron chi connectivity index (χ0n) is 15.3. The number of fused-ring (bicyclic) bond motifs is 2. The zero-order chi connectivity index (χ0) is 18.1. The summed E-state index contributed by atoms with van der Waals surface area (Å²) in [5.41, 5.74) is 1.31. The molecular formula is C21H23N5S. The first kappa shape index (κ1) is 16.8. The second kappa shape index (κ2) is 7.37. The molecule has 5 nitrogen and oxygen atoms in total. The van der Waals surface area contributed by atoms with Gasteiger partial charge in [0, 0.05) is 6.42 Å². The third kappa shape index (κ3) is 3.47. The van der Waals surface area contributed by atoms with Crippen molar-refractivity contribution in [2.45, 2.75) is 38.6 Å². The van der Waals surface area contributed by atoms with Crippen LogP contribution < -0.4 is 0 Å². The molecule has 0 spiro atoms. The Morgan fingerprint density at radius 2 is 1.70 bits per heavy atom. The fourth-order valence-corrected chi connectivity index (χ4v) is 4.85. The smallest absolute Gasteiger partial charge is 0.234 e. The van der Waals surface area contributed by atoms with E-state index < -0.39 is 0 Å². The predicted octanol–water partition coefficient (Wildman–Crippen LogP) is 4.31. The van der Waals surface area contributed by atoms with E-state index >= 15 is 0 Å². The van der Waals surface area contributed by atoms with Crippen LogP contribution >= 0.6 is 11.3 Å². The molecule has 138 valence electrons. The molecule has 4 aromatic rings. The Hall–Kier alpha value is -2.31. The van der Waals surface area contributed by atoms with Crippen molar-refractivity contribution in [3.8, 4) is 0 Å². The molecule has 0 amide bonds. The molecular weight excluding hydrogens is 354 g/mol. The maximum Gasteiger partial charge on any atom is 0.234 e. The fourth-order valence-electron chi connectivity index (χ4n) is 3.97. The summed E-state index contributed by atoms with van der Waals surface area (Å²) in [4.78, 5) is 3.39. The van der Waals surface area contributed by atoms with Crippen LogP contribution in [-0.2, 0) is 13.0 Å². The first-order chi connectivity index (χ1) is 13.4. The van der Waals surface area contributed by atoms with Gasteiger partial charge in [0.15, 0.2) is 5.82 Å². The number of hydrogen-bond donors (Lipinski definition) is 0. The summed E-state index contributed by atoms with van der Waals surface area (Å²) in [7, 11) is 0. The Morgan fingerprint density at radius 1 is 0.889 bits per heavy atom. The molecule has 27 heavy (non-hydrogen) atoms. The Labute approximate surface area is 162 Å². The molecule has 2 aromatic heterocycles. The van der Waals surface area contributed by atoms with Crippen LogP contribution in [0.5, 0.6) is 0 Å². The van der Waals surface area contributed by atoms with Gasteiger partial charge in [-0.3, -0.25) is 4.90 Å². The summed E-state index contributed by atoms with van der Waals surface area (Å²) in [5, 5.41) is 17.3. The minimum absolute atomic E-state index is 0.832. The van der Waals surface area contributed by atoms with E-state index in [0.717, 1.165) is 41.8 Å². The Morgan fingerprint density at radius 3 is 2.59 bits per heavy atom. The van der Waals surface area contributed by atoms with E-state index in [1.54, 1.807) is 11.3 Å². The second-order valence-corrected chi connectivity index (χ2v) is 8.35. The van der Waals surface area contributed by atoms with Gasteiger partial charge in [-0.2, -0.15) is 9.61 Å². The summed E-state index contributed by atoms with van der Waals surface area (Å²) in [6.07, 6.45) is 6.09. The molecule has 0 radical (unpaired) electrons. The van der Waals surface area contributed by atoms with Gasteiger partial charge >= 0.3 is 0 Å². The third-order valence-corrected chi connectivity index (χ3v) is 6.28. The minimum Gasteiger partial charge on any atom is -0.296 e. The van der Waals surface area contributed by atoms with Crippen molar-refractivity contribution in [1.29, 1.82) is 0 Å². The monoisotopic (exact) mass is 377 g/mol. The predicted molar refractivity (Wildman–Crippen MR) is 109 cm³/mol. The molecule has 3 heterocycles. The number of benzene rings is 2. The van der Waals surface area contributed by atoms with E-state index in [-0.39, 0.29) is 0 Å². The third-order valence-electron chi connectivity index (χ3n) is 5.38. The van der Waals surface area contributed by atoms with Crippen molar-refractivity contribution in [2.75, 3.05) is 13.1 Å². The topological polar surface area (TPSA) is 46.3 Å². The molecule has 1 aliphatic heterocycles. The highest BCUT2D eigenvalue weighted by molar-refractivity contribution is 7.16. The van der Waals surface area contributed by atoms with Crippen LogP contribution in [0.2, 0.25) is 0 Å². The lowest BCUT2D eigenvalue weighted by molar-refractivity contribution is 0.268. The highest BCUT2D eigenvalue weighted by Gasteiger charge is 2.16. The van der Waals surface area contributed by atoms with Gasteiger partial charge in [0.1, 0.15) is 5.01 Å². The Bertz CT molecular complexity index is 1050. The van der Waals surface area contributed by atoms with Crippen LogP contribution in [-0.4, -0.2) is 37.8 Å². The molecule has 1 aliphatic rings. The molecule has 0 unspecified atom stereocenters. The number of nitrogens with zero attached hydrogens (tertiary/aromatic N) is 5. The maximum atomic E-state index is 4.85. The highest BCUT2D eigenvalue weighted by atomic mass is 32.1. The molecule has 5 rings (SSSR count). The average Bonchev–Trinajstić information content (AvgIpc) is 3.14. The van der Waals surface area contributed by atoms with Gasteiger partial charge in [0.25, 0.3) is 0 Å². The van der Waals surface area contributed by atoms with Crippen LogP contribution in [0.1, 0.15) is 42.1 Å². The molecule has 0 aliphatic carbocycles. The van der Waals surface area contributed by atoms with Crippen LogP contribution in [0.4, 0.5) is 0 Å². The number of hydrogen-bond acceptors (Lipinski definition) is 5. The molecule has 0 atom stereocenters. The molecule has 2 aromatic carbocycles. The lowest BCUT2D eigenvalue weighted by Gasteiger charge is -2.17. The first-order valence-electron chi connectivity index (χ1n) is 9.76. The molecule has 0 saturated carbocycles. The summed E-state index contributed by atoms with van der Waals surface area (Å²) < 4.78 is 1.95. The number of likely N-dealkylation sites (tertiary alicyclic amines) is 1. The van der Waals surface area contributed by atoms with Crippen molar-refractivity contribution in [3.63, 3.8) is 0 Å². The molecule has 1 fully saturated rings. The Kier molecular flexibility index (Phi) is 4.59. The fraction of sp³-hybridized carbons (Fsp3) is 0.381. The minimum atomic E-state index is 0.832. The highest BCUT2D eigenvalue weighted by Crippen LogP contribution is 2.24. The van der Waals surface area contributed by atoms with Crippen molar-refractivity contribution >= 4 is 27.1 Å². The van der Waals surface area contributed by atoms with Crippen LogP contribution in [0.3, 0.4) is 0 Å². The van der Waals surface area contributed by atoms with E-state index in [1.807, 2.05) is 4.52 Å². The average molecular weight is 378 g/mol. The maximum absolute atomic E-state index is 4.85. The van der Waals surface area contributed by atoms with Gasteiger partial charge in [-0.05, 0) is 42.3 Å². The summed E-state index contributed by atoms with van der Waals surface area (Å²) >= 11 is 1.65. The lowest BCUT2D eigenvalue weighted by atomic mass is 10.0. The first-order valence-corrected chi connectivity index (χ1v) is 10.6. The van der Waals surface area contributed by atoms with Crippen molar-refractivity contribution in [2.24, 2.45) is 0 Å². The van der Waals surface area contributed by atoms with Crippen molar-refractivity contribution in [3.05, 3.63) is 58.9 Å². The normalized spacial score (nSPS) is 16.1. The van der Waals surface area contributed by atoms with Gasteiger partial charge < -0.3 is 0 Å². The summed E-state index contributed by atoms with van der Waals surface area (Å²) in [6, 6.07) is 15.0. The zero-order valence-corrected chi connectivity index (χ0v) is 16.2. The largest absolute Gasteiger partial charge is 0.296 e. The van der Waals surface area contributed by atoms with E-state index in [2.05, 4.69) is 57.6 Å². The molecule has 1 saturated heterocycles. The quantitative estimate of drug-likeness (QED) is 0.532. The SMILES string of the molecule is c1ccc2c(Cc3nn4c(CN5CCCCCC5)nnc4s3)cccc2c1. The van der Waals surface area contributed by atoms with Gasteiger partial charge in [-0.1, -0.05) is 66.6 Å².